The lowest BCUT2D eigenvalue weighted by Gasteiger charge is -2.24. The van der Waals surface area contributed by atoms with Crippen LogP contribution in [0.5, 0.6) is 0 Å². The third-order valence-electron chi connectivity index (χ3n) is 5.22. The van der Waals surface area contributed by atoms with E-state index in [4.69, 9.17) is 18.0 Å². The van der Waals surface area contributed by atoms with E-state index in [1.165, 1.54) is 0 Å². The highest BCUT2D eigenvalue weighted by atomic mass is 28.4. The summed E-state index contributed by atoms with van der Waals surface area (Å²) in [6.07, 6.45) is 7.24. The zero-order chi connectivity index (χ0) is 18.3. The minimum Gasteiger partial charge on any atom is -0.456 e. The summed E-state index contributed by atoms with van der Waals surface area (Å²) < 4.78 is 24.1. The molecule has 2 rings (SSSR count). The van der Waals surface area contributed by atoms with Gasteiger partial charge in [-0.25, -0.2) is 4.79 Å². The first-order valence-corrected chi connectivity index (χ1v) is 11.1. The van der Waals surface area contributed by atoms with Crippen LogP contribution in [-0.2, 0) is 22.8 Å². The molecule has 0 radical (unpaired) electrons. The molecular weight excluding hydrogens is 340 g/mol. The van der Waals surface area contributed by atoms with E-state index in [9.17, 15) is 4.79 Å². The quantitative estimate of drug-likeness (QED) is 0.328. The summed E-state index contributed by atoms with van der Waals surface area (Å²) in [6.45, 7) is 5.06. The highest BCUT2D eigenvalue weighted by Crippen LogP contribution is 2.32. The predicted octanol–water partition coefficient (Wildman–Crippen LogP) is 1.49. The third kappa shape index (κ3) is 5.77. The molecule has 1 aliphatic carbocycles. The van der Waals surface area contributed by atoms with Crippen LogP contribution in [0.25, 0.3) is 0 Å². The van der Waals surface area contributed by atoms with E-state index >= 15 is 0 Å². The Hall–Kier alpha value is -0.963. The maximum Gasteiger partial charge on any atom is 0.500 e. The molecule has 0 N–H and O–H groups in total. The summed E-state index contributed by atoms with van der Waals surface area (Å²) >= 11 is 0. The van der Waals surface area contributed by atoms with Crippen LogP contribution < -0.4 is 0 Å². The van der Waals surface area contributed by atoms with Crippen molar-refractivity contribution in [3.63, 3.8) is 0 Å². The lowest BCUT2D eigenvalue weighted by molar-refractivity contribution is -0.504. The summed E-state index contributed by atoms with van der Waals surface area (Å²) in [4.78, 5) is 14.4. The Morgan fingerprint density at radius 1 is 1.20 bits per heavy atom. The van der Waals surface area contributed by atoms with E-state index in [0.29, 0.717) is 6.54 Å². The normalized spacial score (nSPS) is 20.0. The molecule has 0 aromatic heterocycles. The molecule has 0 spiro atoms. The largest absolute Gasteiger partial charge is 0.500 e. The van der Waals surface area contributed by atoms with Gasteiger partial charge in [0.25, 0.3) is 0 Å². The van der Waals surface area contributed by atoms with E-state index in [0.717, 1.165) is 57.8 Å². The van der Waals surface area contributed by atoms with Crippen LogP contribution in [0.4, 0.5) is 0 Å². The summed E-state index contributed by atoms with van der Waals surface area (Å²) in [5, 5.41) is 0. The molecule has 25 heavy (non-hydrogen) atoms. The Balaban J connectivity index is 1.73. The lowest BCUT2D eigenvalue weighted by atomic mass is 10.1. The number of carbonyl (C=O) groups excluding carboxylic acids is 1. The van der Waals surface area contributed by atoms with Gasteiger partial charge in [-0.3, -0.25) is 9.48 Å². The van der Waals surface area contributed by atoms with Crippen molar-refractivity contribution in [3.05, 3.63) is 0 Å². The van der Waals surface area contributed by atoms with Crippen LogP contribution in [0.3, 0.4) is 0 Å². The molecule has 1 aliphatic heterocycles. The summed E-state index contributed by atoms with van der Waals surface area (Å²) in [7, 11) is 2.42. The smallest absolute Gasteiger partial charge is 0.456 e. The molecule has 1 fully saturated rings. The van der Waals surface area contributed by atoms with Crippen LogP contribution in [0.1, 0.15) is 39.0 Å². The minimum absolute atomic E-state index is 0.118. The summed E-state index contributed by atoms with van der Waals surface area (Å²) in [6, 6.07) is 0.779. The average molecular weight is 374 g/mol. The summed E-state index contributed by atoms with van der Waals surface area (Å²) in [5.41, 5.74) is -0.245. The standard InChI is InChI=1S/C17H33N2O5Si/c1-17(8-5-6-9-17)24-16(20)14-19-12-11-18(15-19)10-7-13-25(21-2,22-3)23-4/h15H,5-14H2,1-4H3/q+1. The van der Waals surface area contributed by atoms with Crippen molar-refractivity contribution < 1.29 is 27.4 Å². The first-order chi connectivity index (χ1) is 11.9. The molecule has 144 valence electrons. The Morgan fingerprint density at radius 2 is 1.84 bits per heavy atom. The van der Waals surface area contributed by atoms with E-state index in [2.05, 4.69) is 11.8 Å². The van der Waals surface area contributed by atoms with E-state index in [-0.39, 0.29) is 11.6 Å². The molecule has 0 saturated heterocycles. The molecule has 0 unspecified atom stereocenters. The van der Waals surface area contributed by atoms with E-state index in [1.807, 2.05) is 10.9 Å². The summed E-state index contributed by atoms with van der Waals surface area (Å²) in [5.74, 6) is -0.118. The highest BCUT2D eigenvalue weighted by molar-refractivity contribution is 6.60. The van der Waals surface area contributed by atoms with E-state index in [1.54, 1.807) is 21.3 Å². The van der Waals surface area contributed by atoms with Gasteiger partial charge in [0.1, 0.15) is 18.7 Å². The van der Waals surface area contributed by atoms with Crippen LogP contribution >= 0.6 is 0 Å². The third-order valence-corrected chi connectivity index (χ3v) is 8.05. The van der Waals surface area contributed by atoms with Gasteiger partial charge in [0, 0.05) is 27.4 Å². The SMILES string of the molecule is CO[Si](CCCN1C=[N+](CC(=O)OC2(C)CCCC2)CC1)(OC)OC. The van der Waals surface area contributed by atoms with Gasteiger partial charge < -0.3 is 18.0 Å². The molecule has 0 amide bonds. The fourth-order valence-electron chi connectivity index (χ4n) is 3.65. The molecule has 0 atom stereocenters. The van der Waals surface area contributed by atoms with Gasteiger partial charge >= 0.3 is 14.8 Å². The second kappa shape index (κ2) is 9.11. The first kappa shape index (κ1) is 20.4. The number of ether oxygens (including phenoxy) is 1. The molecule has 2 aliphatic rings. The molecule has 7 nitrogen and oxygen atoms in total. The number of carbonyl (C=O) groups is 1. The molecule has 1 saturated carbocycles. The number of rotatable bonds is 10. The Morgan fingerprint density at radius 3 is 2.44 bits per heavy atom. The topological polar surface area (TPSA) is 60.2 Å². The van der Waals surface area contributed by atoms with Gasteiger partial charge in [-0.15, -0.1) is 0 Å². The zero-order valence-corrected chi connectivity index (χ0v) is 17.1. The van der Waals surface area contributed by atoms with Crippen molar-refractivity contribution in [1.82, 2.24) is 4.90 Å². The van der Waals surface area contributed by atoms with Gasteiger partial charge in [0.05, 0.1) is 6.54 Å². The lowest BCUT2D eigenvalue weighted by Crippen LogP contribution is -2.43. The van der Waals surface area contributed by atoms with E-state index < -0.39 is 8.80 Å². The maximum atomic E-state index is 12.2. The van der Waals surface area contributed by atoms with Crippen LogP contribution in [0.15, 0.2) is 0 Å². The van der Waals surface area contributed by atoms with Crippen molar-refractivity contribution >= 4 is 21.1 Å². The van der Waals surface area contributed by atoms with Gasteiger partial charge in [-0.2, -0.15) is 0 Å². The van der Waals surface area contributed by atoms with Crippen molar-refractivity contribution in [3.8, 4) is 0 Å². The van der Waals surface area contributed by atoms with Crippen LogP contribution in [0, 0.1) is 0 Å². The second-order valence-electron chi connectivity index (χ2n) is 7.15. The number of esters is 1. The molecular formula is C17H33N2O5Si+. The highest BCUT2D eigenvalue weighted by Gasteiger charge is 2.38. The number of nitrogens with zero attached hydrogens (tertiary/aromatic N) is 2. The van der Waals surface area contributed by atoms with Crippen molar-refractivity contribution in [2.75, 3.05) is 47.5 Å². The van der Waals surface area contributed by atoms with Gasteiger partial charge in [0.2, 0.25) is 6.34 Å². The first-order valence-electron chi connectivity index (χ1n) is 9.15. The Labute approximate surface area is 152 Å². The molecule has 8 heteroatoms. The van der Waals surface area contributed by atoms with Crippen molar-refractivity contribution in [2.24, 2.45) is 0 Å². The number of hydrogen-bond acceptors (Lipinski definition) is 6. The molecule has 0 aromatic rings. The van der Waals surface area contributed by atoms with Gasteiger partial charge in [0.15, 0.2) is 6.54 Å². The van der Waals surface area contributed by atoms with Crippen LogP contribution in [0.2, 0.25) is 6.04 Å². The van der Waals surface area contributed by atoms with Crippen molar-refractivity contribution in [2.45, 2.75) is 50.7 Å². The van der Waals surface area contributed by atoms with Crippen molar-refractivity contribution in [1.29, 1.82) is 0 Å². The molecule has 1 heterocycles. The fraction of sp³-hybridized carbons (Fsp3) is 0.882. The molecule has 0 bridgehead atoms. The fourth-order valence-corrected chi connectivity index (χ4v) is 5.35. The number of hydrogen-bond donors (Lipinski definition) is 0. The second-order valence-corrected chi connectivity index (χ2v) is 10.2. The minimum atomic E-state index is -2.49. The Bertz CT molecular complexity index is 467. The Kier molecular flexibility index (Phi) is 7.42. The van der Waals surface area contributed by atoms with Crippen LogP contribution in [-0.4, -0.2) is 83.7 Å². The monoisotopic (exact) mass is 373 g/mol. The predicted molar refractivity (Wildman–Crippen MR) is 96.8 cm³/mol. The van der Waals surface area contributed by atoms with Gasteiger partial charge in [-0.05, 0) is 39.0 Å². The zero-order valence-electron chi connectivity index (χ0n) is 16.1. The maximum absolute atomic E-state index is 12.2. The van der Waals surface area contributed by atoms with Gasteiger partial charge in [-0.1, -0.05) is 0 Å². The average Bonchev–Trinajstić information content (AvgIpc) is 3.21. The molecule has 0 aromatic carbocycles.